The first-order chi connectivity index (χ1) is 9.24. The fourth-order valence-electron chi connectivity index (χ4n) is 2.61. The summed E-state index contributed by atoms with van der Waals surface area (Å²) in [5.41, 5.74) is 3.46. The Balaban J connectivity index is 1.66. The summed E-state index contributed by atoms with van der Waals surface area (Å²) in [7, 11) is 1.86. The van der Waals surface area contributed by atoms with Crippen molar-refractivity contribution >= 4 is 5.78 Å². The molecule has 0 saturated heterocycles. The van der Waals surface area contributed by atoms with Crippen molar-refractivity contribution in [3.63, 3.8) is 0 Å². The van der Waals surface area contributed by atoms with Crippen LogP contribution in [0.4, 0.5) is 0 Å². The van der Waals surface area contributed by atoms with Crippen LogP contribution in [0.5, 0.6) is 5.75 Å². The second-order valence-corrected chi connectivity index (χ2v) is 5.00. The molecular weight excluding hydrogens is 238 g/mol. The first kappa shape index (κ1) is 12.0. The third-order valence-electron chi connectivity index (χ3n) is 3.67. The van der Waals surface area contributed by atoms with E-state index in [1.165, 1.54) is 17.5 Å². The smallest absolute Gasteiger partial charge is 0.216 e. The summed E-state index contributed by atoms with van der Waals surface area (Å²) < 4.78 is 7.42. The molecule has 0 fully saturated rings. The Morgan fingerprint density at radius 3 is 2.89 bits per heavy atom. The number of hydrogen-bond acceptors (Lipinski definition) is 2. The van der Waals surface area contributed by atoms with Gasteiger partial charge in [0.15, 0.2) is 6.61 Å². The highest BCUT2D eigenvalue weighted by atomic mass is 16.5. The minimum absolute atomic E-state index is 0.00741. The van der Waals surface area contributed by atoms with Gasteiger partial charge in [-0.15, -0.1) is 0 Å². The molecule has 3 rings (SSSR count). The number of carbonyl (C=O) groups excluding carboxylic acids is 1. The maximum atomic E-state index is 12.0. The van der Waals surface area contributed by atoms with E-state index in [4.69, 9.17) is 4.74 Å². The van der Waals surface area contributed by atoms with Crippen molar-refractivity contribution in [2.45, 2.75) is 19.3 Å². The highest BCUT2D eigenvalue weighted by Gasteiger charge is 2.13. The fourth-order valence-corrected chi connectivity index (χ4v) is 2.61. The van der Waals surface area contributed by atoms with Crippen molar-refractivity contribution in [3.8, 4) is 5.75 Å². The first-order valence-corrected chi connectivity index (χ1v) is 6.63. The molecule has 0 amide bonds. The Kier molecular flexibility index (Phi) is 3.11. The maximum Gasteiger partial charge on any atom is 0.216 e. The zero-order valence-corrected chi connectivity index (χ0v) is 11.1. The maximum absolute atomic E-state index is 12.0. The molecule has 0 saturated carbocycles. The van der Waals surface area contributed by atoms with Crippen molar-refractivity contribution in [1.82, 2.24) is 4.57 Å². The van der Waals surface area contributed by atoms with E-state index in [1.807, 2.05) is 36.0 Å². The number of carbonyl (C=O) groups is 1. The lowest BCUT2D eigenvalue weighted by Crippen LogP contribution is -2.14. The number of aryl methyl sites for hydroxylation is 3. The third kappa shape index (κ3) is 2.41. The summed E-state index contributed by atoms with van der Waals surface area (Å²) in [5.74, 6) is 0.802. The van der Waals surface area contributed by atoms with Crippen molar-refractivity contribution in [2.24, 2.45) is 7.05 Å². The van der Waals surface area contributed by atoms with Gasteiger partial charge in [0.1, 0.15) is 5.75 Å². The average molecular weight is 255 g/mol. The summed E-state index contributed by atoms with van der Waals surface area (Å²) in [6, 6.07) is 9.82. The molecule has 1 heterocycles. The number of nitrogens with zero attached hydrogens (tertiary/aromatic N) is 1. The standard InChI is InChI=1S/C16H17NO2/c1-17-9-3-6-15(17)16(18)11-19-14-8-7-12-4-2-5-13(12)10-14/h3,6-10H,2,4-5,11H2,1H3. The van der Waals surface area contributed by atoms with E-state index in [0.29, 0.717) is 5.69 Å². The molecule has 0 radical (unpaired) electrons. The molecule has 3 nitrogen and oxygen atoms in total. The minimum atomic E-state index is 0.00741. The average Bonchev–Trinajstić information content (AvgIpc) is 3.03. The first-order valence-electron chi connectivity index (χ1n) is 6.63. The van der Waals surface area contributed by atoms with Crippen molar-refractivity contribution in [3.05, 3.63) is 53.3 Å². The van der Waals surface area contributed by atoms with Crippen molar-refractivity contribution < 1.29 is 9.53 Å². The normalized spacial score (nSPS) is 13.3. The van der Waals surface area contributed by atoms with Gasteiger partial charge in [0.05, 0.1) is 5.69 Å². The predicted octanol–water partition coefficient (Wildman–Crippen LogP) is 2.78. The van der Waals surface area contributed by atoms with Crippen LogP contribution >= 0.6 is 0 Å². The topological polar surface area (TPSA) is 31.2 Å². The van der Waals surface area contributed by atoms with Crippen LogP contribution < -0.4 is 4.74 Å². The van der Waals surface area contributed by atoms with Crippen LogP contribution in [0, 0.1) is 0 Å². The van der Waals surface area contributed by atoms with Gasteiger partial charge in [0.2, 0.25) is 5.78 Å². The number of ether oxygens (including phenoxy) is 1. The molecule has 0 N–H and O–H groups in total. The number of rotatable bonds is 4. The summed E-state index contributed by atoms with van der Waals surface area (Å²) in [4.78, 5) is 12.0. The molecule has 3 heteroatoms. The van der Waals surface area contributed by atoms with Crippen molar-refractivity contribution in [2.75, 3.05) is 6.61 Å². The molecule has 1 aliphatic carbocycles. The van der Waals surface area contributed by atoms with Gasteiger partial charge in [0, 0.05) is 13.2 Å². The minimum Gasteiger partial charge on any atom is -0.485 e. The van der Waals surface area contributed by atoms with Gasteiger partial charge in [-0.05, 0) is 54.7 Å². The second kappa shape index (κ2) is 4.92. The molecule has 0 spiro atoms. The molecule has 0 bridgehead atoms. The lowest BCUT2D eigenvalue weighted by molar-refractivity contribution is 0.0913. The zero-order valence-electron chi connectivity index (χ0n) is 11.1. The third-order valence-corrected chi connectivity index (χ3v) is 3.67. The largest absolute Gasteiger partial charge is 0.485 e. The van der Waals surface area contributed by atoms with Gasteiger partial charge in [-0.1, -0.05) is 6.07 Å². The number of hydrogen-bond donors (Lipinski definition) is 0. The summed E-state index contributed by atoms with van der Waals surface area (Å²) in [5, 5.41) is 0. The number of fused-ring (bicyclic) bond motifs is 1. The fraction of sp³-hybridized carbons (Fsp3) is 0.312. The van der Waals surface area contributed by atoms with Gasteiger partial charge < -0.3 is 9.30 Å². The number of Topliss-reactive ketones (excluding diaryl/α,β-unsaturated/α-hetero) is 1. The Morgan fingerprint density at radius 2 is 2.11 bits per heavy atom. The van der Waals surface area contributed by atoms with Crippen LogP contribution in [0.15, 0.2) is 36.5 Å². The lowest BCUT2D eigenvalue weighted by atomic mass is 10.1. The number of benzene rings is 1. The predicted molar refractivity (Wildman–Crippen MR) is 73.7 cm³/mol. The second-order valence-electron chi connectivity index (χ2n) is 5.00. The number of ketones is 1. The van der Waals surface area contributed by atoms with E-state index >= 15 is 0 Å². The summed E-state index contributed by atoms with van der Waals surface area (Å²) in [6.07, 6.45) is 5.37. The molecule has 0 atom stereocenters. The highest BCUT2D eigenvalue weighted by molar-refractivity contribution is 5.95. The molecule has 0 unspecified atom stereocenters. The quantitative estimate of drug-likeness (QED) is 0.787. The molecule has 1 aromatic carbocycles. The monoisotopic (exact) mass is 255 g/mol. The van der Waals surface area contributed by atoms with E-state index in [9.17, 15) is 4.79 Å². The van der Waals surface area contributed by atoms with Gasteiger partial charge in [-0.3, -0.25) is 4.79 Å². The van der Waals surface area contributed by atoms with Gasteiger partial charge in [-0.25, -0.2) is 0 Å². The van der Waals surface area contributed by atoms with Crippen LogP contribution in [0.1, 0.15) is 28.0 Å². The zero-order chi connectivity index (χ0) is 13.2. The van der Waals surface area contributed by atoms with Crippen molar-refractivity contribution in [1.29, 1.82) is 0 Å². The Morgan fingerprint density at radius 1 is 1.26 bits per heavy atom. The molecule has 0 aliphatic heterocycles. The molecule has 19 heavy (non-hydrogen) atoms. The number of aromatic nitrogens is 1. The van der Waals surface area contributed by atoms with Crippen LogP contribution in [-0.2, 0) is 19.9 Å². The van der Waals surface area contributed by atoms with Gasteiger partial charge >= 0.3 is 0 Å². The van der Waals surface area contributed by atoms with E-state index < -0.39 is 0 Å². The summed E-state index contributed by atoms with van der Waals surface area (Å²) >= 11 is 0. The Bertz CT molecular complexity index is 613. The molecule has 1 aromatic heterocycles. The Labute approximate surface area is 112 Å². The van der Waals surface area contributed by atoms with E-state index in [-0.39, 0.29) is 12.4 Å². The molecule has 2 aromatic rings. The highest BCUT2D eigenvalue weighted by Crippen LogP contribution is 2.26. The molecule has 1 aliphatic rings. The van der Waals surface area contributed by atoms with Gasteiger partial charge in [-0.2, -0.15) is 0 Å². The van der Waals surface area contributed by atoms with E-state index in [0.717, 1.165) is 18.6 Å². The SMILES string of the molecule is Cn1cccc1C(=O)COc1ccc2c(c1)CCC2. The Hall–Kier alpha value is -2.03. The van der Waals surface area contributed by atoms with E-state index in [2.05, 4.69) is 12.1 Å². The molecular formula is C16H17NO2. The van der Waals surface area contributed by atoms with Crippen LogP contribution in [-0.4, -0.2) is 17.0 Å². The summed E-state index contributed by atoms with van der Waals surface area (Å²) in [6.45, 7) is 0.0939. The van der Waals surface area contributed by atoms with Gasteiger partial charge in [0.25, 0.3) is 0 Å². The van der Waals surface area contributed by atoms with Crippen LogP contribution in [0.25, 0.3) is 0 Å². The van der Waals surface area contributed by atoms with Crippen LogP contribution in [0.2, 0.25) is 0 Å². The molecule has 98 valence electrons. The van der Waals surface area contributed by atoms with E-state index in [1.54, 1.807) is 0 Å². The van der Waals surface area contributed by atoms with Crippen LogP contribution in [0.3, 0.4) is 0 Å². The lowest BCUT2D eigenvalue weighted by Gasteiger charge is -2.08.